The number of carbonyl (C=O) groups excluding carboxylic acids is 2. The van der Waals surface area contributed by atoms with Crippen molar-refractivity contribution in [3.8, 4) is 23.0 Å². The maximum Gasteiger partial charge on any atom is 0.308 e. The van der Waals surface area contributed by atoms with Crippen molar-refractivity contribution in [2.75, 3.05) is 47.9 Å². The number of carbonyl (C=O) groups is 2. The summed E-state index contributed by atoms with van der Waals surface area (Å²) in [6.07, 6.45) is 22.5. The Hall–Kier alpha value is -7.28. The Balaban J connectivity index is 0.000000205. The highest BCUT2D eigenvalue weighted by atomic mass is 16.5. The fourth-order valence-electron chi connectivity index (χ4n) is 7.35. The maximum absolute atomic E-state index is 11.2. The second-order valence-electron chi connectivity index (χ2n) is 17.6. The SMILES string of the molecule is C/C=C\N.CC(=O)Oc1ccnc2[nH]cc(CCN(C)C(C)C)c12.CCCc1c[nH]c2ncc(O)cc12.CNCCc1c[nH]c2ncc(OC(C)=O)cc12.COc1ccnc2[nH]cc(CCN(C)C(C)C)c12. The molecule has 0 aromatic carbocycles. The lowest BCUT2D eigenvalue weighted by Gasteiger charge is -2.20. The Kier molecular flexibility index (Phi) is 23.2. The van der Waals surface area contributed by atoms with Crippen LogP contribution in [0.15, 0.2) is 86.1 Å². The number of allylic oxidation sites excluding steroid dienone is 1. The van der Waals surface area contributed by atoms with Crippen LogP contribution >= 0.6 is 0 Å². The number of fused-ring (bicyclic) bond motifs is 4. The molecule has 0 atom stereocenters. The Labute approximate surface area is 423 Å². The Morgan fingerprint density at radius 2 is 1.18 bits per heavy atom. The van der Waals surface area contributed by atoms with Gasteiger partial charge in [-0.05, 0) is 135 Å². The fourth-order valence-corrected chi connectivity index (χ4v) is 7.35. The van der Waals surface area contributed by atoms with Crippen molar-refractivity contribution in [2.45, 2.75) is 99.6 Å². The van der Waals surface area contributed by atoms with Crippen molar-refractivity contribution < 1.29 is 28.9 Å². The summed E-state index contributed by atoms with van der Waals surface area (Å²) in [5.74, 6) is 1.52. The smallest absolute Gasteiger partial charge is 0.308 e. The van der Waals surface area contributed by atoms with Gasteiger partial charge in [0.2, 0.25) is 0 Å². The summed E-state index contributed by atoms with van der Waals surface area (Å²) in [6.45, 7) is 18.4. The molecule has 0 aliphatic rings. The molecular formula is C54H76N12O6. The van der Waals surface area contributed by atoms with Gasteiger partial charge in [-0.3, -0.25) is 9.59 Å². The van der Waals surface area contributed by atoms with E-state index in [-0.39, 0.29) is 17.7 Å². The molecule has 8 rings (SSSR count). The number of methoxy groups -OCH3 is 1. The molecule has 0 fully saturated rings. The van der Waals surface area contributed by atoms with E-state index in [2.05, 4.69) is 104 Å². The van der Waals surface area contributed by atoms with Gasteiger partial charge in [0.05, 0.1) is 30.3 Å². The van der Waals surface area contributed by atoms with E-state index in [9.17, 15) is 14.7 Å². The average molecular weight is 989 g/mol. The highest BCUT2D eigenvalue weighted by Gasteiger charge is 2.15. The number of esters is 2. The molecule has 18 nitrogen and oxygen atoms in total. The molecule has 388 valence electrons. The van der Waals surface area contributed by atoms with Gasteiger partial charge in [-0.2, -0.15) is 0 Å². The van der Waals surface area contributed by atoms with Gasteiger partial charge in [-0.1, -0.05) is 19.4 Å². The first-order chi connectivity index (χ1) is 34.5. The Morgan fingerprint density at radius 3 is 1.67 bits per heavy atom. The molecule has 0 bridgehead atoms. The van der Waals surface area contributed by atoms with Gasteiger partial charge >= 0.3 is 11.9 Å². The molecule has 0 saturated carbocycles. The van der Waals surface area contributed by atoms with Crippen LogP contribution in [0.3, 0.4) is 0 Å². The number of aromatic hydroxyl groups is 1. The molecular weight excluding hydrogens is 913 g/mol. The molecule has 72 heavy (non-hydrogen) atoms. The Morgan fingerprint density at radius 1 is 0.708 bits per heavy atom. The van der Waals surface area contributed by atoms with Gasteiger partial charge in [0.1, 0.15) is 45.6 Å². The first kappa shape index (κ1) is 57.3. The minimum absolute atomic E-state index is 0.226. The quantitative estimate of drug-likeness (QED) is 0.0448. The van der Waals surface area contributed by atoms with E-state index < -0.39 is 0 Å². The first-order valence-electron chi connectivity index (χ1n) is 24.3. The molecule has 8 N–H and O–H groups in total. The average Bonchev–Trinajstić information content (AvgIpc) is 4.18. The molecule has 0 spiro atoms. The number of pyridine rings is 4. The number of nitrogens with zero attached hydrogens (tertiary/aromatic N) is 6. The van der Waals surface area contributed by atoms with Crippen molar-refractivity contribution in [1.82, 2.24) is 55.0 Å². The number of aromatic amines is 4. The number of hydrogen-bond acceptors (Lipinski definition) is 14. The van der Waals surface area contributed by atoms with Crippen molar-refractivity contribution in [2.24, 2.45) is 5.73 Å². The van der Waals surface area contributed by atoms with Crippen LogP contribution in [-0.4, -0.2) is 127 Å². The van der Waals surface area contributed by atoms with Gasteiger partial charge in [0.15, 0.2) is 0 Å². The van der Waals surface area contributed by atoms with Gasteiger partial charge in [-0.15, -0.1) is 0 Å². The highest BCUT2D eigenvalue weighted by Crippen LogP contribution is 2.29. The number of rotatable bonds is 16. The Bertz CT molecular complexity index is 2930. The van der Waals surface area contributed by atoms with E-state index in [1.807, 2.05) is 50.9 Å². The summed E-state index contributed by atoms with van der Waals surface area (Å²) in [7, 11) is 7.86. The molecule has 0 radical (unpaired) electrons. The second kappa shape index (κ2) is 29.2. The summed E-state index contributed by atoms with van der Waals surface area (Å²) in [5, 5.41) is 16.4. The van der Waals surface area contributed by atoms with Crippen LogP contribution in [0.2, 0.25) is 0 Å². The van der Waals surface area contributed by atoms with E-state index in [0.717, 1.165) is 113 Å². The zero-order chi connectivity index (χ0) is 52.7. The number of H-pyrrole nitrogens is 4. The molecule has 8 aromatic heterocycles. The number of hydrogen-bond donors (Lipinski definition) is 7. The molecule has 0 aliphatic heterocycles. The zero-order valence-corrected chi connectivity index (χ0v) is 44.1. The number of ether oxygens (including phenoxy) is 3. The first-order valence-corrected chi connectivity index (χ1v) is 24.3. The summed E-state index contributed by atoms with van der Waals surface area (Å²) < 4.78 is 15.7. The monoisotopic (exact) mass is 989 g/mol. The standard InChI is InChI=1S/C15H21N3O2.C14H21N3O.C12H15N3O2.C10H12N2O.C3H7N/c1-10(2)18(4)8-6-12-9-17-15-14(12)13(5-7-16-15)20-11(3)19;1-10(2)17(3)8-6-11-9-16-14-13(11)12(18-4)5-7-15-14;1-8(16)17-10-5-11-9(3-4-13-2)6-14-12(11)15-7-10;1-2-3-7-5-11-10-9(7)4-8(13)6-12-10;1-2-3-4/h5,7,9-10H,6,8H2,1-4H3,(H,16,17);5,7,9-10H,6,8H2,1-4H3,(H,15,16);5-7,13H,3-4H2,1-2H3,(H,14,15);4-6,13H,2-3H2,1H3,(H,11,12);2-3H,4H2,1H3/b;;;;3-2-. The van der Waals surface area contributed by atoms with E-state index in [1.165, 1.54) is 37.4 Å². The molecule has 8 heterocycles. The highest BCUT2D eigenvalue weighted by molar-refractivity contribution is 5.89. The third-order valence-electron chi connectivity index (χ3n) is 11.8. The predicted octanol–water partition coefficient (Wildman–Crippen LogP) is 8.77. The van der Waals surface area contributed by atoms with Gasteiger partial charge in [-0.25, -0.2) is 19.9 Å². The number of aryl methyl sites for hydroxylation is 1. The van der Waals surface area contributed by atoms with Crippen LogP contribution in [0.5, 0.6) is 23.0 Å². The molecule has 0 amide bonds. The lowest BCUT2D eigenvalue weighted by molar-refractivity contribution is -0.132. The van der Waals surface area contributed by atoms with Crippen molar-refractivity contribution in [3.05, 3.63) is 108 Å². The van der Waals surface area contributed by atoms with Crippen LogP contribution in [0.1, 0.15) is 84.1 Å². The number of nitrogens with one attached hydrogen (secondary N) is 5. The zero-order valence-electron chi connectivity index (χ0n) is 44.1. The molecule has 18 heteroatoms. The summed E-state index contributed by atoms with van der Waals surface area (Å²) in [5.41, 5.74) is 12.9. The number of nitrogens with two attached hydrogens (primary N) is 1. The van der Waals surface area contributed by atoms with Crippen molar-refractivity contribution >= 4 is 56.1 Å². The largest absolute Gasteiger partial charge is 0.506 e. The number of likely N-dealkylation sites (N-methyl/N-ethyl adjacent to an activating group) is 3. The van der Waals surface area contributed by atoms with Crippen LogP contribution < -0.4 is 25.3 Å². The molecule has 0 unspecified atom stereocenters. The molecule has 0 aliphatic carbocycles. The van der Waals surface area contributed by atoms with Gasteiger partial charge in [0, 0.05) is 93.0 Å². The minimum Gasteiger partial charge on any atom is -0.506 e. The lowest BCUT2D eigenvalue weighted by atomic mass is 10.1. The summed E-state index contributed by atoms with van der Waals surface area (Å²) in [4.78, 5) is 56.1. The number of aromatic nitrogens is 8. The van der Waals surface area contributed by atoms with E-state index in [0.29, 0.717) is 23.6 Å². The molecule has 0 saturated heterocycles. The topological polar surface area (TPSA) is 241 Å². The predicted molar refractivity (Wildman–Crippen MR) is 289 cm³/mol. The van der Waals surface area contributed by atoms with Crippen LogP contribution in [-0.2, 0) is 35.3 Å². The normalized spacial score (nSPS) is 11.1. The second-order valence-corrected chi connectivity index (χ2v) is 17.6. The summed E-state index contributed by atoms with van der Waals surface area (Å²) in [6, 6.07) is 8.30. The third kappa shape index (κ3) is 17.0. The van der Waals surface area contributed by atoms with Crippen LogP contribution in [0, 0.1) is 0 Å². The van der Waals surface area contributed by atoms with E-state index in [1.54, 1.807) is 43.9 Å². The van der Waals surface area contributed by atoms with Gasteiger partial charge in [0.25, 0.3) is 0 Å². The van der Waals surface area contributed by atoms with Gasteiger partial charge < -0.3 is 60.1 Å². The maximum atomic E-state index is 11.2. The third-order valence-corrected chi connectivity index (χ3v) is 11.8. The lowest BCUT2D eigenvalue weighted by Crippen LogP contribution is -2.28. The van der Waals surface area contributed by atoms with Crippen LogP contribution in [0.25, 0.3) is 44.1 Å². The minimum atomic E-state index is -0.335. The fraction of sp³-hybridized carbons (Fsp3) is 0.407. The summed E-state index contributed by atoms with van der Waals surface area (Å²) >= 11 is 0. The van der Waals surface area contributed by atoms with E-state index in [4.69, 9.17) is 19.9 Å². The van der Waals surface area contributed by atoms with Crippen molar-refractivity contribution in [1.29, 1.82) is 0 Å². The van der Waals surface area contributed by atoms with E-state index >= 15 is 0 Å². The van der Waals surface area contributed by atoms with Crippen molar-refractivity contribution in [3.63, 3.8) is 0 Å². The molecule has 8 aromatic rings. The van der Waals surface area contributed by atoms with Crippen LogP contribution in [0.4, 0.5) is 0 Å².